The van der Waals surface area contributed by atoms with Gasteiger partial charge in [-0.15, -0.1) is 0 Å². The Balaban J connectivity index is 2.12. The molecule has 0 fully saturated rings. The number of hydrogen-bond donors (Lipinski definition) is 1. The number of aryl methyl sites for hydroxylation is 1. The van der Waals surface area contributed by atoms with Crippen molar-refractivity contribution in [2.24, 2.45) is 5.73 Å². The Morgan fingerprint density at radius 3 is 2.89 bits per heavy atom. The average molecular weight is 265 g/mol. The van der Waals surface area contributed by atoms with Gasteiger partial charge in [0.2, 0.25) is 0 Å². The van der Waals surface area contributed by atoms with Gasteiger partial charge in [0.25, 0.3) is 0 Å². The maximum atomic E-state index is 6.33. The molecule has 1 atom stereocenters. The fourth-order valence-electron chi connectivity index (χ4n) is 2.14. The van der Waals surface area contributed by atoms with Gasteiger partial charge in [-0.1, -0.05) is 39.0 Å². The number of nitrogens with two attached hydrogens (primary N) is 1. The number of thioether (sulfide) groups is 1. The third kappa shape index (κ3) is 3.42. The summed E-state index contributed by atoms with van der Waals surface area (Å²) >= 11 is 1.91. The molecule has 2 nitrogen and oxygen atoms in total. The van der Waals surface area contributed by atoms with Crippen LogP contribution in [0.4, 0.5) is 0 Å². The number of hydrogen-bond acceptors (Lipinski definition) is 3. The normalized spacial score (nSPS) is 16.9. The van der Waals surface area contributed by atoms with Gasteiger partial charge in [-0.05, 0) is 18.4 Å². The molecule has 0 saturated heterocycles. The summed E-state index contributed by atoms with van der Waals surface area (Å²) in [5, 5.41) is 0. The second-order valence-electron chi connectivity index (χ2n) is 5.82. The Morgan fingerprint density at radius 1 is 1.39 bits per heavy atom. The third-order valence-electron chi connectivity index (χ3n) is 3.06. The number of ether oxygens (including phenoxy) is 1. The van der Waals surface area contributed by atoms with E-state index in [0.717, 1.165) is 31.0 Å². The van der Waals surface area contributed by atoms with E-state index in [2.05, 4.69) is 39.0 Å². The van der Waals surface area contributed by atoms with Gasteiger partial charge < -0.3 is 10.5 Å². The Hall–Kier alpha value is -0.670. The number of benzene rings is 1. The van der Waals surface area contributed by atoms with Crippen molar-refractivity contribution in [1.29, 1.82) is 0 Å². The maximum absolute atomic E-state index is 6.33. The lowest BCUT2D eigenvalue weighted by Gasteiger charge is -2.25. The molecule has 0 radical (unpaired) electrons. The first-order chi connectivity index (χ1) is 8.47. The van der Waals surface area contributed by atoms with Crippen LogP contribution in [0.5, 0.6) is 5.75 Å². The zero-order valence-corrected chi connectivity index (χ0v) is 12.3. The highest BCUT2D eigenvalue weighted by atomic mass is 32.2. The lowest BCUT2D eigenvalue weighted by molar-refractivity contribution is 0.284. The second-order valence-corrected chi connectivity index (χ2v) is 7.66. The summed E-state index contributed by atoms with van der Waals surface area (Å²) in [6.07, 6.45) is 2.23. The topological polar surface area (TPSA) is 35.2 Å². The maximum Gasteiger partial charge on any atom is 0.127 e. The molecule has 3 heteroatoms. The number of para-hydroxylation sites is 1. The Kier molecular flexibility index (Phi) is 4.23. The molecule has 2 rings (SSSR count). The summed E-state index contributed by atoms with van der Waals surface area (Å²) < 4.78 is 6.08. The second kappa shape index (κ2) is 5.54. The average Bonchev–Trinajstić information content (AvgIpc) is 2.34. The monoisotopic (exact) mass is 265 g/mol. The van der Waals surface area contributed by atoms with Crippen LogP contribution >= 0.6 is 11.8 Å². The van der Waals surface area contributed by atoms with E-state index in [1.807, 2.05) is 11.8 Å². The van der Waals surface area contributed by atoms with Crippen molar-refractivity contribution in [1.82, 2.24) is 0 Å². The van der Waals surface area contributed by atoms with E-state index < -0.39 is 0 Å². The van der Waals surface area contributed by atoms with Crippen molar-refractivity contribution in [3.8, 4) is 5.75 Å². The molecule has 1 unspecified atom stereocenters. The number of fused-ring (bicyclic) bond motifs is 1. The van der Waals surface area contributed by atoms with Gasteiger partial charge in [0.05, 0.1) is 6.61 Å². The minimum Gasteiger partial charge on any atom is -0.493 e. The first-order valence-electron chi connectivity index (χ1n) is 6.61. The zero-order chi connectivity index (χ0) is 13.2. The van der Waals surface area contributed by atoms with E-state index in [4.69, 9.17) is 10.5 Å². The Bertz CT molecular complexity index is 411. The van der Waals surface area contributed by atoms with Crippen molar-refractivity contribution in [3.05, 3.63) is 29.3 Å². The molecule has 0 aliphatic carbocycles. The van der Waals surface area contributed by atoms with Crippen LogP contribution < -0.4 is 10.5 Å². The first kappa shape index (κ1) is 13.8. The summed E-state index contributed by atoms with van der Waals surface area (Å²) in [7, 11) is 0. The molecule has 0 amide bonds. The van der Waals surface area contributed by atoms with E-state index in [9.17, 15) is 0 Å². The summed E-state index contributed by atoms with van der Waals surface area (Å²) in [5.74, 6) is 1.98. The van der Waals surface area contributed by atoms with Crippen molar-refractivity contribution in [2.75, 3.05) is 12.4 Å². The van der Waals surface area contributed by atoms with E-state index >= 15 is 0 Å². The van der Waals surface area contributed by atoms with Gasteiger partial charge in [-0.25, -0.2) is 0 Å². The minimum atomic E-state index is 0.0577. The van der Waals surface area contributed by atoms with Gasteiger partial charge in [0, 0.05) is 22.1 Å². The van der Waals surface area contributed by atoms with Crippen LogP contribution in [0.1, 0.15) is 44.4 Å². The molecule has 0 saturated carbocycles. The summed E-state index contributed by atoms with van der Waals surface area (Å²) in [4.78, 5) is 0. The van der Waals surface area contributed by atoms with Gasteiger partial charge in [-0.2, -0.15) is 11.8 Å². The molecule has 0 aromatic heterocycles. The minimum absolute atomic E-state index is 0.0577. The SMILES string of the molecule is CC(C)(C)SCC(N)c1cccc2c1OCCC2. The first-order valence-corrected chi connectivity index (χ1v) is 7.60. The van der Waals surface area contributed by atoms with E-state index in [1.54, 1.807) is 0 Å². The zero-order valence-electron chi connectivity index (χ0n) is 11.5. The predicted octanol–water partition coefficient (Wildman–Crippen LogP) is 3.54. The largest absolute Gasteiger partial charge is 0.493 e. The Labute approximate surface area is 114 Å². The van der Waals surface area contributed by atoms with Gasteiger partial charge >= 0.3 is 0 Å². The van der Waals surface area contributed by atoms with Crippen LogP contribution in [-0.4, -0.2) is 17.1 Å². The fraction of sp³-hybridized carbons (Fsp3) is 0.600. The lowest BCUT2D eigenvalue weighted by Crippen LogP contribution is -2.20. The van der Waals surface area contributed by atoms with Crippen LogP contribution in [0.15, 0.2) is 18.2 Å². The molecule has 2 N–H and O–H groups in total. The smallest absolute Gasteiger partial charge is 0.127 e. The van der Waals surface area contributed by atoms with Gasteiger partial charge in [0.15, 0.2) is 0 Å². The molecule has 0 bridgehead atoms. The molecule has 1 aromatic rings. The van der Waals surface area contributed by atoms with Crippen LogP contribution in [0, 0.1) is 0 Å². The molecule has 1 aromatic carbocycles. The molecule has 1 heterocycles. The molecule has 1 aliphatic heterocycles. The predicted molar refractivity (Wildman–Crippen MR) is 79.4 cm³/mol. The summed E-state index contributed by atoms with van der Waals surface area (Å²) in [6, 6.07) is 6.42. The summed E-state index contributed by atoms with van der Waals surface area (Å²) in [5.41, 5.74) is 8.81. The molecular weight excluding hydrogens is 242 g/mol. The standard InChI is InChI=1S/C15H23NOS/c1-15(2,3)18-10-13(16)12-8-4-6-11-7-5-9-17-14(11)12/h4,6,8,13H,5,7,9-10,16H2,1-3H3. The molecule has 100 valence electrons. The Morgan fingerprint density at radius 2 is 2.17 bits per heavy atom. The highest BCUT2D eigenvalue weighted by molar-refractivity contribution is 8.00. The summed E-state index contributed by atoms with van der Waals surface area (Å²) in [6.45, 7) is 7.49. The lowest BCUT2D eigenvalue weighted by atomic mass is 9.99. The number of rotatable bonds is 3. The quantitative estimate of drug-likeness (QED) is 0.908. The third-order valence-corrected chi connectivity index (χ3v) is 4.45. The van der Waals surface area contributed by atoms with E-state index in [1.165, 1.54) is 11.1 Å². The fourth-order valence-corrected chi connectivity index (χ4v) is 3.00. The van der Waals surface area contributed by atoms with Crippen LogP contribution in [0.3, 0.4) is 0 Å². The van der Waals surface area contributed by atoms with Crippen molar-refractivity contribution < 1.29 is 4.74 Å². The molecule has 1 aliphatic rings. The van der Waals surface area contributed by atoms with Crippen LogP contribution in [0.2, 0.25) is 0 Å². The molecular formula is C15H23NOS. The highest BCUT2D eigenvalue weighted by Crippen LogP contribution is 2.35. The molecule has 18 heavy (non-hydrogen) atoms. The van der Waals surface area contributed by atoms with Crippen molar-refractivity contribution >= 4 is 11.8 Å². The van der Waals surface area contributed by atoms with Crippen molar-refractivity contribution in [3.63, 3.8) is 0 Å². The van der Waals surface area contributed by atoms with E-state index in [-0.39, 0.29) is 10.8 Å². The molecule has 0 spiro atoms. The van der Waals surface area contributed by atoms with Crippen LogP contribution in [-0.2, 0) is 6.42 Å². The van der Waals surface area contributed by atoms with Gasteiger partial charge in [-0.3, -0.25) is 0 Å². The highest BCUT2D eigenvalue weighted by Gasteiger charge is 2.20. The van der Waals surface area contributed by atoms with Crippen molar-refractivity contribution in [2.45, 2.75) is 44.4 Å². The van der Waals surface area contributed by atoms with Crippen LogP contribution in [0.25, 0.3) is 0 Å². The van der Waals surface area contributed by atoms with E-state index in [0.29, 0.717) is 0 Å². The van der Waals surface area contributed by atoms with Gasteiger partial charge in [0.1, 0.15) is 5.75 Å².